The van der Waals surface area contributed by atoms with E-state index in [1.54, 1.807) is 12.1 Å². The van der Waals surface area contributed by atoms with Gasteiger partial charge in [-0.3, -0.25) is 0 Å². The van der Waals surface area contributed by atoms with Gasteiger partial charge < -0.3 is 20.3 Å². The van der Waals surface area contributed by atoms with Crippen molar-refractivity contribution in [2.45, 2.75) is 19.6 Å². The van der Waals surface area contributed by atoms with Crippen LogP contribution < -0.4 is 10.1 Å². The largest absolute Gasteiger partial charge is 0.508 e. The summed E-state index contributed by atoms with van der Waals surface area (Å²) in [6.45, 7) is 3.12. The topological polar surface area (TPSA) is 61.7 Å². The van der Waals surface area contributed by atoms with Crippen LogP contribution in [0.2, 0.25) is 0 Å². The van der Waals surface area contributed by atoms with Gasteiger partial charge in [0.1, 0.15) is 24.2 Å². The Morgan fingerprint density at radius 1 is 1.10 bits per heavy atom. The lowest BCUT2D eigenvalue weighted by molar-refractivity contribution is 0.106. The molecule has 0 spiro atoms. The molecule has 0 bridgehead atoms. The van der Waals surface area contributed by atoms with Gasteiger partial charge in [0.25, 0.3) is 0 Å². The molecule has 112 valence electrons. The van der Waals surface area contributed by atoms with Crippen molar-refractivity contribution < 1.29 is 14.9 Å². The third kappa shape index (κ3) is 4.77. The molecule has 0 heterocycles. The number of para-hydroxylation sites is 2. The highest BCUT2D eigenvalue weighted by molar-refractivity contribution is 5.32. The minimum Gasteiger partial charge on any atom is -0.508 e. The van der Waals surface area contributed by atoms with Crippen molar-refractivity contribution in [3.8, 4) is 11.5 Å². The van der Waals surface area contributed by atoms with Crippen LogP contribution in [0, 0.1) is 6.92 Å². The monoisotopic (exact) mass is 287 g/mol. The van der Waals surface area contributed by atoms with Gasteiger partial charge in [-0.1, -0.05) is 36.4 Å². The molecule has 1 atom stereocenters. The molecule has 0 saturated carbocycles. The van der Waals surface area contributed by atoms with Crippen LogP contribution in [0.3, 0.4) is 0 Å². The van der Waals surface area contributed by atoms with Crippen molar-refractivity contribution >= 4 is 0 Å². The second-order valence-corrected chi connectivity index (χ2v) is 4.99. The van der Waals surface area contributed by atoms with Gasteiger partial charge in [-0.25, -0.2) is 0 Å². The maximum absolute atomic E-state index is 9.90. The average Bonchev–Trinajstić information content (AvgIpc) is 2.48. The molecular weight excluding hydrogens is 266 g/mol. The van der Waals surface area contributed by atoms with E-state index >= 15 is 0 Å². The van der Waals surface area contributed by atoms with Gasteiger partial charge in [-0.2, -0.15) is 0 Å². The molecule has 0 aromatic heterocycles. The van der Waals surface area contributed by atoms with E-state index in [1.807, 2.05) is 43.3 Å². The van der Waals surface area contributed by atoms with Gasteiger partial charge in [0.2, 0.25) is 0 Å². The fraction of sp³-hybridized carbons (Fsp3) is 0.294. The molecule has 3 N–H and O–H groups in total. The summed E-state index contributed by atoms with van der Waals surface area (Å²) in [5.41, 5.74) is 1.86. The van der Waals surface area contributed by atoms with Gasteiger partial charge in [0.15, 0.2) is 0 Å². The number of nitrogens with one attached hydrogen (secondary N) is 1. The molecule has 0 saturated heterocycles. The molecule has 0 aliphatic rings. The molecule has 0 radical (unpaired) electrons. The third-order valence-electron chi connectivity index (χ3n) is 3.21. The summed E-state index contributed by atoms with van der Waals surface area (Å²) in [6, 6.07) is 14.9. The Morgan fingerprint density at radius 2 is 1.81 bits per heavy atom. The summed E-state index contributed by atoms with van der Waals surface area (Å²) < 4.78 is 5.59. The highest BCUT2D eigenvalue weighted by atomic mass is 16.5. The number of phenols is 1. The standard InChI is InChI=1S/C17H21NO3/c1-13-6-2-5-9-17(13)21-12-15(19)11-18-10-14-7-3-4-8-16(14)20/h2-9,15,18-20H,10-12H2,1H3. The van der Waals surface area contributed by atoms with Gasteiger partial charge in [-0.05, 0) is 24.6 Å². The van der Waals surface area contributed by atoms with Crippen LogP contribution in [0.15, 0.2) is 48.5 Å². The summed E-state index contributed by atoms with van der Waals surface area (Å²) in [7, 11) is 0. The van der Waals surface area contributed by atoms with Crippen LogP contribution in [0.4, 0.5) is 0 Å². The molecule has 0 aliphatic heterocycles. The number of aliphatic hydroxyl groups excluding tert-OH is 1. The first-order valence-corrected chi connectivity index (χ1v) is 7.01. The SMILES string of the molecule is Cc1ccccc1OCC(O)CNCc1ccccc1O. The number of benzene rings is 2. The Kier molecular flexibility index (Phi) is 5.60. The predicted molar refractivity (Wildman–Crippen MR) is 82.5 cm³/mol. The third-order valence-corrected chi connectivity index (χ3v) is 3.21. The summed E-state index contributed by atoms with van der Waals surface area (Å²) in [6.07, 6.45) is -0.601. The molecule has 4 heteroatoms. The van der Waals surface area contributed by atoms with Crippen LogP contribution in [-0.2, 0) is 6.54 Å². The molecule has 2 aromatic carbocycles. The molecular formula is C17H21NO3. The Hall–Kier alpha value is -2.04. The number of ether oxygens (including phenoxy) is 1. The average molecular weight is 287 g/mol. The smallest absolute Gasteiger partial charge is 0.122 e. The van der Waals surface area contributed by atoms with E-state index in [0.29, 0.717) is 13.1 Å². The summed E-state index contributed by atoms with van der Waals surface area (Å²) in [4.78, 5) is 0. The fourth-order valence-corrected chi connectivity index (χ4v) is 2.00. The first-order chi connectivity index (χ1) is 10.2. The Labute approximate surface area is 125 Å². The molecule has 2 aromatic rings. The normalized spacial score (nSPS) is 12.1. The minimum atomic E-state index is -0.601. The molecule has 1 unspecified atom stereocenters. The van der Waals surface area contributed by atoms with E-state index in [4.69, 9.17) is 4.74 Å². The lowest BCUT2D eigenvalue weighted by Crippen LogP contribution is -2.31. The van der Waals surface area contributed by atoms with Crippen molar-refractivity contribution in [1.82, 2.24) is 5.32 Å². The first kappa shape index (κ1) is 15.4. The van der Waals surface area contributed by atoms with Crippen LogP contribution in [-0.4, -0.2) is 29.5 Å². The van der Waals surface area contributed by atoms with Crippen molar-refractivity contribution in [2.24, 2.45) is 0 Å². The first-order valence-electron chi connectivity index (χ1n) is 7.01. The Morgan fingerprint density at radius 3 is 2.57 bits per heavy atom. The minimum absolute atomic E-state index is 0.235. The Balaban J connectivity index is 1.72. The number of hydrogen-bond donors (Lipinski definition) is 3. The Bertz CT molecular complexity index is 571. The summed E-state index contributed by atoms with van der Waals surface area (Å²) in [5.74, 6) is 1.05. The summed E-state index contributed by atoms with van der Waals surface area (Å²) in [5, 5.41) is 22.6. The van der Waals surface area contributed by atoms with E-state index in [0.717, 1.165) is 16.9 Å². The van der Waals surface area contributed by atoms with Gasteiger partial charge >= 0.3 is 0 Å². The quantitative estimate of drug-likeness (QED) is 0.731. The van der Waals surface area contributed by atoms with Crippen LogP contribution in [0.1, 0.15) is 11.1 Å². The predicted octanol–water partition coefficient (Wildman–Crippen LogP) is 2.23. The number of phenolic OH excluding ortho intramolecular Hbond substituents is 1. The van der Waals surface area contributed by atoms with Gasteiger partial charge in [0.05, 0.1) is 0 Å². The second kappa shape index (κ2) is 7.67. The van der Waals surface area contributed by atoms with Crippen molar-refractivity contribution in [3.05, 3.63) is 59.7 Å². The van der Waals surface area contributed by atoms with E-state index in [-0.39, 0.29) is 12.4 Å². The number of aromatic hydroxyl groups is 1. The second-order valence-electron chi connectivity index (χ2n) is 4.99. The highest BCUT2D eigenvalue weighted by Gasteiger charge is 2.07. The van der Waals surface area contributed by atoms with E-state index in [1.165, 1.54) is 0 Å². The van der Waals surface area contributed by atoms with Crippen LogP contribution >= 0.6 is 0 Å². The lowest BCUT2D eigenvalue weighted by atomic mass is 10.2. The van der Waals surface area contributed by atoms with E-state index < -0.39 is 6.10 Å². The zero-order chi connectivity index (χ0) is 15.1. The number of aryl methyl sites for hydroxylation is 1. The van der Waals surface area contributed by atoms with Gasteiger partial charge in [0, 0.05) is 18.7 Å². The molecule has 0 aliphatic carbocycles. The van der Waals surface area contributed by atoms with E-state index in [9.17, 15) is 10.2 Å². The lowest BCUT2D eigenvalue weighted by Gasteiger charge is -2.14. The highest BCUT2D eigenvalue weighted by Crippen LogP contribution is 2.16. The maximum Gasteiger partial charge on any atom is 0.122 e. The van der Waals surface area contributed by atoms with E-state index in [2.05, 4.69) is 5.32 Å². The van der Waals surface area contributed by atoms with Crippen LogP contribution in [0.25, 0.3) is 0 Å². The molecule has 0 amide bonds. The van der Waals surface area contributed by atoms with Crippen LogP contribution in [0.5, 0.6) is 11.5 Å². The number of rotatable bonds is 7. The van der Waals surface area contributed by atoms with Crippen molar-refractivity contribution in [3.63, 3.8) is 0 Å². The number of hydrogen-bond acceptors (Lipinski definition) is 4. The number of aliphatic hydroxyl groups is 1. The van der Waals surface area contributed by atoms with Crippen molar-refractivity contribution in [1.29, 1.82) is 0 Å². The zero-order valence-electron chi connectivity index (χ0n) is 12.1. The zero-order valence-corrected chi connectivity index (χ0v) is 12.1. The molecule has 4 nitrogen and oxygen atoms in total. The van der Waals surface area contributed by atoms with Gasteiger partial charge in [-0.15, -0.1) is 0 Å². The molecule has 0 fully saturated rings. The maximum atomic E-state index is 9.90. The molecule has 2 rings (SSSR count). The fourth-order valence-electron chi connectivity index (χ4n) is 2.00. The summed E-state index contributed by atoms with van der Waals surface area (Å²) >= 11 is 0. The van der Waals surface area contributed by atoms with Crippen molar-refractivity contribution in [2.75, 3.05) is 13.2 Å². The molecule has 21 heavy (non-hydrogen) atoms.